The van der Waals surface area contributed by atoms with Gasteiger partial charge in [0.05, 0.1) is 145 Å². The molecule has 28 nitrogen and oxygen atoms in total. The number of phenols is 3. The zero-order valence-electron chi connectivity index (χ0n) is 77.5. The average Bonchev–Trinajstić information content (AvgIpc) is 1.63. The van der Waals surface area contributed by atoms with Crippen molar-refractivity contribution in [3.63, 3.8) is 0 Å². The van der Waals surface area contributed by atoms with Gasteiger partial charge in [-0.3, -0.25) is 24.2 Å². The molecule has 0 saturated carbocycles. The molecule has 12 aromatic rings. The van der Waals surface area contributed by atoms with Crippen LogP contribution in [0.25, 0.3) is 68.9 Å². The number of ether oxygens (including phenoxy) is 9. The quantitative estimate of drug-likeness (QED) is 0.0107. The van der Waals surface area contributed by atoms with Gasteiger partial charge < -0.3 is 103 Å². The summed E-state index contributed by atoms with van der Waals surface area (Å²) in [5.74, 6) is 1.44. The fourth-order valence-corrected chi connectivity index (χ4v) is 16.0. The van der Waals surface area contributed by atoms with Crippen LogP contribution in [0.1, 0.15) is 143 Å². The number of hydrogen-bond acceptors (Lipinski definition) is 24. The summed E-state index contributed by atoms with van der Waals surface area (Å²) in [6, 6.07) is 44.0. The first-order valence-corrected chi connectivity index (χ1v) is 43.3. The summed E-state index contributed by atoms with van der Waals surface area (Å²) in [5, 5.41) is 60.2. The number of halogens is 4. The largest absolute Gasteiger partial charge is 0.502 e. The fraction of sp³-hybridized carbons (Fsp3) is 0.210. The third kappa shape index (κ3) is 23.7. The highest BCUT2D eigenvalue weighted by Crippen LogP contribution is 2.51. The molecule has 9 N–H and O–H groups in total. The average molecular weight is 1880 g/mol. The highest BCUT2D eigenvalue weighted by atomic mass is 19.1. The summed E-state index contributed by atoms with van der Waals surface area (Å²) in [6.45, 7) is 8.82. The Morgan fingerprint density at radius 2 is 0.746 bits per heavy atom. The van der Waals surface area contributed by atoms with Gasteiger partial charge in [0.25, 0.3) is 0 Å². The number of fused-ring (bicyclic) bond motifs is 4. The molecule has 16 rings (SSSR count). The van der Waals surface area contributed by atoms with Crippen LogP contribution in [-0.4, -0.2) is 135 Å². The van der Waals surface area contributed by atoms with Crippen LogP contribution in [0.15, 0.2) is 224 Å². The van der Waals surface area contributed by atoms with Gasteiger partial charge >= 0.3 is 7.12 Å². The lowest BCUT2D eigenvalue weighted by Crippen LogP contribution is -2.22. The van der Waals surface area contributed by atoms with Gasteiger partial charge in [-0.15, -0.1) is 0 Å². The van der Waals surface area contributed by atoms with E-state index in [9.17, 15) is 52.1 Å². The Balaban J connectivity index is 0.000000156. The SMILES string of the molecule is COc1cc(/C=C2/C(C)=C(CC(=O)NCc3ccccc3)c3cc(F)ccc32)cc(OC)c1OCCB(O)O.COc1cc(/C=C2/C(C)=C(CC(=O)NCc3ccco3)c3cc(F)cnc32)cc(OC)c1O.COc1cc(/C=C2/C(C)=C(CC(=O)NCc3ccco3)c3cc(F)ncc32)cc(OC)c1O.COc1cc(/C=C2/C(C)=C(CC(=O)NCc3ccco3)c3nc(F)ccc32)cc(OC)c1O. The number of nitrogens with one attached hydrogen (secondary N) is 4. The molecule has 0 fully saturated rings. The second kappa shape index (κ2) is 45.6. The minimum Gasteiger partial charge on any atom is -0.502 e. The van der Waals surface area contributed by atoms with Crippen molar-refractivity contribution in [2.45, 2.75) is 85.9 Å². The molecule has 0 atom stereocenters. The van der Waals surface area contributed by atoms with E-state index in [-0.39, 0.29) is 139 Å². The number of pyridine rings is 3. The molecule has 4 amide bonds. The number of allylic oxidation sites excluding steroid dienone is 8. The summed E-state index contributed by atoms with van der Waals surface area (Å²) in [4.78, 5) is 62.9. The summed E-state index contributed by atoms with van der Waals surface area (Å²) < 4.78 is 120. The number of phenolic OH excluding ortho intramolecular Hbond substituents is 3. The second-order valence-corrected chi connectivity index (χ2v) is 31.7. The van der Waals surface area contributed by atoms with Crippen molar-refractivity contribution in [2.75, 3.05) is 63.5 Å². The number of furan rings is 3. The third-order valence-electron chi connectivity index (χ3n) is 23.0. The first-order chi connectivity index (χ1) is 66.5. The summed E-state index contributed by atoms with van der Waals surface area (Å²) in [5.41, 5.74) is 18.3. The number of methoxy groups -OCH3 is 8. The molecule has 0 unspecified atom stereocenters. The Labute approximate surface area is 792 Å². The highest BCUT2D eigenvalue weighted by Gasteiger charge is 2.33. The van der Waals surface area contributed by atoms with E-state index in [0.717, 1.165) is 73.0 Å². The number of aromatic nitrogens is 3. The van der Waals surface area contributed by atoms with Gasteiger partial charge in [0.2, 0.25) is 58.5 Å². The molecular weight excluding hydrogens is 1780 g/mol. The smallest absolute Gasteiger partial charge is 0.454 e. The lowest BCUT2D eigenvalue weighted by molar-refractivity contribution is -0.121. The van der Waals surface area contributed by atoms with Gasteiger partial charge in [-0.05, 0) is 273 Å². The standard InChI is InChI=1S/C30H31BFNO6.3C25H23FN2O5/c1-19-24(13-21-14-27(37-2)30(28(15-21)38-3)39-12-11-31(35)36)23-10-9-22(32)16-26(23)25(19)17-29(34)33-18-20-7-5-4-6-8-20;1-14-18(9-15-10-20(31-2)25(30)21(11-15)32-3)17-6-7-22(26)28-24(17)19(14)12-23(29)27-13-16-5-4-8-33-16;1-14-18(11-23(29)27-13-17-5-4-6-33-17)20-10-16(26)12-28-24(20)19(14)7-15-8-21(31-2)25(30)22(9-15)32-3;1-14-17(7-15-8-21(31-2)25(30)22(9-15)32-3)20-13-27-23(26)10-19(20)18(14)11-24(29)28-12-16-5-4-6-33-16/h4-10,13-16,35-36H,11-12,17-18H2,1-3H3,(H,33,34);4-11,30H,12-13H2,1-3H3,(H,27,29);4-10,12,30H,11,13H2,1-3H3,(H,27,29);4-10,13,30H,11-12H2,1-3H3,(H,28,29)/b24-13-;18-9-;19-7-;17-7-. The molecule has 4 aliphatic carbocycles. The zero-order valence-corrected chi connectivity index (χ0v) is 77.5. The zero-order chi connectivity index (χ0) is 98.5. The van der Waals surface area contributed by atoms with Crippen molar-refractivity contribution in [2.24, 2.45) is 0 Å². The number of carbonyl (C=O) groups is 4. The van der Waals surface area contributed by atoms with Gasteiger partial charge in [-0.1, -0.05) is 36.4 Å². The number of amides is 4. The van der Waals surface area contributed by atoms with Crippen molar-refractivity contribution in [3.8, 4) is 69.0 Å². The first-order valence-electron chi connectivity index (χ1n) is 43.3. The maximum atomic E-state index is 14.3. The van der Waals surface area contributed by atoms with Crippen molar-refractivity contribution in [1.29, 1.82) is 0 Å². The van der Waals surface area contributed by atoms with Crippen LogP contribution in [0.5, 0.6) is 69.0 Å². The number of aromatic hydroxyl groups is 3. The number of benzene rings is 6. The third-order valence-corrected chi connectivity index (χ3v) is 23.0. The van der Waals surface area contributed by atoms with Gasteiger partial charge in [0.15, 0.2) is 46.0 Å². The van der Waals surface area contributed by atoms with Crippen molar-refractivity contribution in [1.82, 2.24) is 36.2 Å². The van der Waals surface area contributed by atoms with Crippen LogP contribution in [0.4, 0.5) is 17.6 Å². The first kappa shape index (κ1) is 99.2. The van der Waals surface area contributed by atoms with Crippen LogP contribution in [0.2, 0.25) is 6.32 Å². The Morgan fingerprint density at radius 3 is 1.18 bits per heavy atom. The Hall–Kier alpha value is -16.3. The van der Waals surface area contributed by atoms with E-state index >= 15 is 0 Å². The predicted octanol–water partition coefficient (Wildman–Crippen LogP) is 18.4. The van der Waals surface area contributed by atoms with Crippen molar-refractivity contribution < 1.29 is 118 Å². The molecule has 0 bridgehead atoms. The van der Waals surface area contributed by atoms with Crippen LogP contribution in [0, 0.1) is 23.5 Å². The maximum Gasteiger partial charge on any atom is 0.454 e. The van der Waals surface area contributed by atoms with Crippen LogP contribution in [-0.2, 0) is 45.4 Å². The van der Waals surface area contributed by atoms with Gasteiger partial charge in [-0.2, -0.15) is 8.78 Å². The van der Waals surface area contributed by atoms with E-state index in [1.165, 1.54) is 93.4 Å². The Bertz CT molecular complexity index is 6230. The number of rotatable bonds is 32. The molecule has 0 spiro atoms. The maximum absolute atomic E-state index is 14.3. The summed E-state index contributed by atoms with van der Waals surface area (Å²) in [6.07, 6.45) is 15.1. The molecule has 33 heteroatoms. The molecule has 6 heterocycles. The van der Waals surface area contributed by atoms with Gasteiger partial charge in [0, 0.05) is 47.4 Å². The van der Waals surface area contributed by atoms with Crippen LogP contribution in [0.3, 0.4) is 0 Å². The topological polar surface area (TPSA) is 379 Å². The van der Waals surface area contributed by atoms with Crippen molar-refractivity contribution >= 4 is 99.6 Å². The molecule has 0 radical (unpaired) electrons. The van der Waals surface area contributed by atoms with Crippen LogP contribution < -0.4 is 63.9 Å². The molecule has 712 valence electrons. The van der Waals surface area contributed by atoms with Crippen LogP contribution >= 0.6 is 0 Å². The molecule has 6 aromatic carbocycles. The van der Waals surface area contributed by atoms with E-state index in [4.69, 9.17) is 65.9 Å². The fourth-order valence-electron chi connectivity index (χ4n) is 16.0. The molecule has 0 saturated heterocycles. The van der Waals surface area contributed by atoms with E-state index in [2.05, 4.69) is 36.2 Å². The Kier molecular flexibility index (Phi) is 32.8. The van der Waals surface area contributed by atoms with Gasteiger partial charge in [-0.25, -0.2) is 18.7 Å². The lowest BCUT2D eigenvalue weighted by atomic mass is 9.87. The minimum absolute atomic E-state index is 0.0249. The second-order valence-electron chi connectivity index (χ2n) is 31.7. The molecule has 6 aromatic heterocycles. The van der Waals surface area contributed by atoms with E-state index in [1.54, 1.807) is 116 Å². The van der Waals surface area contributed by atoms with Gasteiger partial charge in [0.1, 0.15) is 28.9 Å². The van der Waals surface area contributed by atoms with E-state index < -0.39 is 24.8 Å². The lowest BCUT2D eigenvalue weighted by Gasteiger charge is -2.16. The van der Waals surface area contributed by atoms with E-state index in [0.29, 0.717) is 114 Å². The number of nitrogens with zero attached hydrogens (tertiary/aromatic N) is 3. The summed E-state index contributed by atoms with van der Waals surface area (Å²) in [7, 11) is 10.2. The number of carbonyl (C=O) groups excluding carboxylic acids is 4. The minimum atomic E-state index is -1.48. The Morgan fingerprint density at radius 1 is 0.370 bits per heavy atom. The summed E-state index contributed by atoms with van der Waals surface area (Å²) >= 11 is 0. The number of hydrogen-bond donors (Lipinski definition) is 9. The van der Waals surface area contributed by atoms with Crippen molar-refractivity contribution in [3.05, 3.63) is 325 Å². The molecule has 4 aliphatic rings. The predicted molar refractivity (Wildman–Crippen MR) is 513 cm³/mol. The normalized spacial score (nSPS) is 13.7. The molecule has 138 heavy (non-hydrogen) atoms. The highest BCUT2D eigenvalue weighted by molar-refractivity contribution is 6.41. The van der Waals surface area contributed by atoms with E-state index in [1.807, 2.05) is 82.3 Å². The molecule has 0 aliphatic heterocycles. The monoisotopic (exact) mass is 1880 g/mol. The molecular formula is C105H100BF4N7O21.